The Kier molecular flexibility index (Phi) is 7.57. The molecule has 0 radical (unpaired) electrons. The molecule has 1 N–H and O–H groups in total. The number of H-pyrrole nitrogens is 1. The van der Waals surface area contributed by atoms with E-state index in [1.807, 2.05) is 62.6 Å². The van der Waals surface area contributed by atoms with Crippen LogP contribution in [-0.4, -0.2) is 35.2 Å². The van der Waals surface area contributed by atoms with Crippen LogP contribution in [0.25, 0.3) is 22.8 Å². The molecule has 4 aromatic rings. The van der Waals surface area contributed by atoms with Gasteiger partial charge in [-0.05, 0) is 24.6 Å². The number of pyridine rings is 1. The van der Waals surface area contributed by atoms with Crippen LogP contribution >= 0.6 is 0 Å². The summed E-state index contributed by atoms with van der Waals surface area (Å²) in [7, 11) is 1.86. The largest absolute Gasteiger partial charge is 2.00 e. The number of aromatic amines is 1. The van der Waals surface area contributed by atoms with Crippen molar-refractivity contribution in [3.8, 4) is 22.8 Å². The Morgan fingerprint density at radius 3 is 2.28 bits per heavy atom. The Morgan fingerprint density at radius 2 is 1.72 bits per heavy atom. The minimum absolute atomic E-state index is 0. The van der Waals surface area contributed by atoms with E-state index in [4.69, 9.17) is 0 Å². The van der Waals surface area contributed by atoms with Gasteiger partial charge in [-0.3, -0.25) is 14.8 Å². The van der Waals surface area contributed by atoms with Gasteiger partial charge in [-0.1, -0.05) is 56.3 Å². The van der Waals surface area contributed by atoms with E-state index in [2.05, 4.69) is 51.2 Å². The molecule has 3 heterocycles. The van der Waals surface area contributed by atoms with Crippen LogP contribution < -0.4 is 0 Å². The van der Waals surface area contributed by atoms with Crippen LogP contribution in [0.2, 0.25) is 0 Å². The van der Waals surface area contributed by atoms with Crippen LogP contribution in [0.5, 0.6) is 0 Å². The van der Waals surface area contributed by atoms with E-state index in [0.29, 0.717) is 5.82 Å². The summed E-state index contributed by atoms with van der Waals surface area (Å²) in [5.41, 5.74) is 3.97. The predicted molar refractivity (Wildman–Crippen MR) is 109 cm³/mol. The zero-order chi connectivity index (χ0) is 20.1. The number of aryl methyl sites for hydroxylation is 2. The molecule has 0 saturated carbocycles. The third kappa shape index (κ3) is 6.16. The molecule has 0 saturated heterocycles. The number of hydrogen-bond donors (Lipinski definition) is 1. The first-order valence-corrected chi connectivity index (χ1v) is 9.10. The zero-order valence-corrected chi connectivity index (χ0v) is 19.5. The van der Waals surface area contributed by atoms with E-state index >= 15 is 0 Å². The van der Waals surface area contributed by atoms with E-state index in [9.17, 15) is 0 Å². The van der Waals surface area contributed by atoms with Gasteiger partial charge in [0.25, 0.3) is 0 Å². The van der Waals surface area contributed by atoms with Gasteiger partial charge in [0.1, 0.15) is 17.2 Å². The summed E-state index contributed by atoms with van der Waals surface area (Å²) in [6, 6.07) is 13.9. The fourth-order valence-corrected chi connectivity index (χ4v) is 2.46. The third-order valence-electron chi connectivity index (χ3n) is 4.01. The van der Waals surface area contributed by atoms with Crippen molar-refractivity contribution in [2.45, 2.75) is 33.1 Å². The average Bonchev–Trinajstić information content (AvgIpc) is 3.32. The van der Waals surface area contributed by atoms with Crippen molar-refractivity contribution >= 4 is 0 Å². The second-order valence-corrected chi connectivity index (χ2v) is 7.62. The molecule has 0 aliphatic heterocycles. The quantitative estimate of drug-likeness (QED) is 0.395. The molecular weight excluding hydrogens is 545 g/mol. The monoisotopic (exact) mass is 570 g/mol. The minimum Gasteiger partial charge on any atom is -0.262 e. The van der Waals surface area contributed by atoms with Crippen molar-refractivity contribution in [1.29, 1.82) is 0 Å². The van der Waals surface area contributed by atoms with Crippen molar-refractivity contribution in [1.82, 2.24) is 35.2 Å². The van der Waals surface area contributed by atoms with Gasteiger partial charge in [-0.15, -0.1) is 5.10 Å². The number of aromatic nitrogens is 7. The molecule has 8 heteroatoms. The van der Waals surface area contributed by atoms with Crippen LogP contribution in [0.1, 0.15) is 32.2 Å². The minimum atomic E-state index is -0.0188. The van der Waals surface area contributed by atoms with Gasteiger partial charge < -0.3 is 0 Å². The summed E-state index contributed by atoms with van der Waals surface area (Å²) in [5.74, 6) is 1.54. The van der Waals surface area contributed by atoms with E-state index in [0.717, 1.165) is 28.3 Å². The first kappa shape index (κ1) is 22.6. The first-order chi connectivity index (χ1) is 13.3. The topological polar surface area (TPSA) is 85.2 Å². The summed E-state index contributed by atoms with van der Waals surface area (Å²) in [4.78, 5) is 8.72. The van der Waals surface area contributed by atoms with Crippen LogP contribution in [-0.2, 0) is 33.5 Å². The van der Waals surface area contributed by atoms with Crippen molar-refractivity contribution in [3.05, 3.63) is 66.2 Å². The molecule has 0 aliphatic carbocycles. The van der Waals surface area contributed by atoms with Crippen LogP contribution in [0, 0.1) is 6.92 Å². The van der Waals surface area contributed by atoms with E-state index in [1.165, 1.54) is 0 Å². The molecule has 0 aliphatic rings. The zero-order valence-electron chi connectivity index (χ0n) is 17.2. The van der Waals surface area contributed by atoms with Crippen molar-refractivity contribution < 1.29 is 21.1 Å². The number of hydrogen-bond acceptors (Lipinski definition) is 5. The van der Waals surface area contributed by atoms with Crippen LogP contribution in [0.4, 0.5) is 0 Å². The summed E-state index contributed by atoms with van der Waals surface area (Å²) in [6.45, 7) is 8.32. The Labute approximate surface area is 185 Å². The number of nitrogens with one attached hydrogen (secondary N) is 1. The molecule has 152 valence electrons. The van der Waals surface area contributed by atoms with Gasteiger partial charge in [-0.25, -0.2) is 4.98 Å². The van der Waals surface area contributed by atoms with Crippen molar-refractivity contribution in [2.75, 3.05) is 0 Å². The Morgan fingerprint density at radius 1 is 1.00 bits per heavy atom. The van der Waals surface area contributed by atoms with Crippen LogP contribution in [0.15, 0.2) is 54.9 Å². The standard InChI is InChI=1S/C12H16N4.C9H9N3.Pt/c1-8-5-6-13-9(7-8)10-14-11(16-15-10)12(2,3)4;1-12-7-9(10-11-12)8-5-3-2-4-6-8;/h5-7H,1-4H3,(H,14,15,16);2-7H,1H3;/q;;+2. The van der Waals surface area contributed by atoms with Gasteiger partial charge in [0.05, 0.1) is 6.20 Å². The summed E-state index contributed by atoms with van der Waals surface area (Å²) in [5, 5.41) is 15.0. The Bertz CT molecular complexity index is 1030. The Balaban J connectivity index is 0.000000207. The van der Waals surface area contributed by atoms with Gasteiger partial charge in [-0.2, -0.15) is 5.10 Å². The number of nitrogens with zero attached hydrogens (tertiary/aromatic N) is 6. The molecule has 0 amide bonds. The van der Waals surface area contributed by atoms with Gasteiger partial charge in [0, 0.05) is 24.2 Å². The molecule has 0 bridgehead atoms. The van der Waals surface area contributed by atoms with E-state index in [-0.39, 0.29) is 26.5 Å². The summed E-state index contributed by atoms with van der Waals surface area (Å²) >= 11 is 0. The molecule has 0 atom stereocenters. The van der Waals surface area contributed by atoms with Gasteiger partial charge >= 0.3 is 21.1 Å². The smallest absolute Gasteiger partial charge is 0.262 e. The molecule has 7 nitrogen and oxygen atoms in total. The predicted octanol–water partition coefficient (Wildman–Crippen LogP) is 3.95. The third-order valence-corrected chi connectivity index (χ3v) is 4.01. The van der Waals surface area contributed by atoms with E-state index < -0.39 is 0 Å². The maximum atomic E-state index is 4.46. The van der Waals surface area contributed by atoms with Crippen molar-refractivity contribution in [3.63, 3.8) is 0 Å². The maximum Gasteiger partial charge on any atom is 2.00 e. The summed E-state index contributed by atoms with van der Waals surface area (Å²) in [6.07, 6.45) is 3.67. The van der Waals surface area contributed by atoms with Crippen LogP contribution in [0.3, 0.4) is 0 Å². The second kappa shape index (κ2) is 9.70. The SMILES string of the molecule is Cc1ccnc(-c2n[nH]c(C(C)(C)C)n2)c1.Cn1cc(-c2ccccc2)nn1.[Pt+2]. The maximum absolute atomic E-state index is 4.46. The average molecular weight is 571 g/mol. The fraction of sp³-hybridized carbons (Fsp3) is 0.286. The second-order valence-electron chi connectivity index (χ2n) is 7.62. The molecule has 0 fully saturated rings. The molecule has 29 heavy (non-hydrogen) atoms. The molecular formula is C21H25N7Pt+2. The molecule has 0 spiro atoms. The Hall–Kier alpha value is -2.66. The molecule has 4 rings (SSSR count). The van der Waals surface area contributed by atoms with E-state index in [1.54, 1.807) is 10.9 Å². The number of benzene rings is 1. The van der Waals surface area contributed by atoms with Gasteiger partial charge in [0.15, 0.2) is 5.82 Å². The molecule has 1 aromatic carbocycles. The normalized spacial score (nSPS) is 10.7. The molecule has 0 unspecified atom stereocenters. The van der Waals surface area contributed by atoms with Crippen molar-refractivity contribution in [2.24, 2.45) is 7.05 Å². The first-order valence-electron chi connectivity index (χ1n) is 9.10. The number of rotatable bonds is 2. The fourth-order valence-electron chi connectivity index (χ4n) is 2.46. The molecule has 3 aromatic heterocycles. The van der Waals surface area contributed by atoms with Gasteiger partial charge in [0.2, 0.25) is 0 Å². The summed E-state index contributed by atoms with van der Waals surface area (Å²) < 4.78 is 1.70.